The van der Waals surface area contributed by atoms with Gasteiger partial charge in [-0.1, -0.05) is 35.9 Å². The average molecular weight is 798 g/mol. The van der Waals surface area contributed by atoms with E-state index < -0.39 is 11.9 Å². The number of fused-ring (bicyclic) bond motifs is 4. The Morgan fingerprint density at radius 3 is 2.58 bits per heavy atom. The fourth-order valence-corrected chi connectivity index (χ4v) is 9.58. The number of aryl methyl sites for hydroxylation is 1. The molecule has 14 heteroatoms. The summed E-state index contributed by atoms with van der Waals surface area (Å²) in [7, 11) is 0. The van der Waals surface area contributed by atoms with Gasteiger partial charge in [0.1, 0.15) is 29.1 Å². The number of carbonyl (C=O) groups is 3. The molecule has 0 bridgehead atoms. The third-order valence-electron chi connectivity index (χ3n) is 11.4. The van der Waals surface area contributed by atoms with E-state index in [2.05, 4.69) is 55.1 Å². The molecule has 2 N–H and O–H groups in total. The van der Waals surface area contributed by atoms with E-state index in [4.69, 9.17) is 21.6 Å². The fraction of sp³-hybridized carbons (Fsp3) is 0.326. The summed E-state index contributed by atoms with van der Waals surface area (Å²) in [6.45, 7) is 8.47. The molecule has 5 aromatic rings. The number of imide groups is 1. The first-order valence-electron chi connectivity index (χ1n) is 19.3. The van der Waals surface area contributed by atoms with Crippen LogP contribution in [0.3, 0.4) is 0 Å². The first-order valence-corrected chi connectivity index (χ1v) is 20.4. The van der Waals surface area contributed by atoms with Gasteiger partial charge >= 0.3 is 0 Å². The molecule has 7 heterocycles. The Kier molecular flexibility index (Phi) is 9.94. The van der Waals surface area contributed by atoms with Crippen molar-refractivity contribution in [3.63, 3.8) is 0 Å². The Labute approximate surface area is 339 Å². The van der Waals surface area contributed by atoms with Gasteiger partial charge in [0.2, 0.25) is 11.8 Å². The van der Waals surface area contributed by atoms with Crippen molar-refractivity contribution in [2.75, 3.05) is 25.0 Å². The third-order valence-corrected chi connectivity index (χ3v) is 12.8. The number of aromatic nitrogens is 4. The van der Waals surface area contributed by atoms with E-state index in [1.165, 1.54) is 0 Å². The lowest BCUT2D eigenvalue weighted by Crippen LogP contribution is -2.52. The minimum Gasteiger partial charge on any atom is -0.384 e. The first-order chi connectivity index (χ1) is 27.7. The zero-order valence-corrected chi connectivity index (χ0v) is 33.2. The summed E-state index contributed by atoms with van der Waals surface area (Å²) in [6.07, 6.45) is 4.65. The van der Waals surface area contributed by atoms with E-state index in [0.717, 1.165) is 99.8 Å². The molecule has 2 fully saturated rings. The molecular formula is C43H40ClN9O3S. The van der Waals surface area contributed by atoms with Crippen LogP contribution in [0.15, 0.2) is 65.8 Å². The number of halogens is 1. The molecule has 4 aliphatic rings. The lowest BCUT2D eigenvalue weighted by molar-refractivity contribution is -0.136. The van der Waals surface area contributed by atoms with Gasteiger partial charge in [0.05, 0.1) is 10.6 Å². The summed E-state index contributed by atoms with van der Waals surface area (Å²) in [6, 6.07) is 17.0. The number of carbonyl (C=O) groups excluding carboxylic acids is 3. The second kappa shape index (κ2) is 15.3. The first kappa shape index (κ1) is 36.9. The average Bonchev–Trinajstić information content (AvgIpc) is 3.82. The quantitative estimate of drug-likeness (QED) is 0.155. The summed E-state index contributed by atoms with van der Waals surface area (Å²) >= 11 is 7.84. The Morgan fingerprint density at radius 2 is 1.81 bits per heavy atom. The van der Waals surface area contributed by atoms with Crippen LogP contribution < -0.4 is 10.6 Å². The number of likely N-dealkylation sites (tertiary alicyclic amines) is 1. The monoisotopic (exact) mass is 797 g/mol. The maximum atomic E-state index is 13.2. The maximum absolute atomic E-state index is 13.2. The number of rotatable bonds is 7. The number of nitrogens with one attached hydrogen (secondary N) is 2. The smallest absolute Gasteiger partial charge is 0.255 e. The van der Waals surface area contributed by atoms with Gasteiger partial charge in [-0.15, -0.1) is 21.5 Å². The molecule has 0 radical (unpaired) electrons. The Hall–Kier alpha value is -5.68. The summed E-state index contributed by atoms with van der Waals surface area (Å²) in [5.74, 6) is 8.00. The second-order valence-corrected chi connectivity index (χ2v) is 16.5. The third kappa shape index (κ3) is 7.25. The number of piperidine rings is 2. The highest BCUT2D eigenvalue weighted by molar-refractivity contribution is 7.15. The van der Waals surface area contributed by atoms with Crippen LogP contribution in [0.4, 0.5) is 5.69 Å². The topological polar surface area (TPSA) is 138 Å². The van der Waals surface area contributed by atoms with E-state index >= 15 is 0 Å². The molecule has 1 atom stereocenters. The lowest BCUT2D eigenvalue weighted by atomic mass is 9.96. The number of hydrogen-bond acceptors (Lipinski definition) is 10. The molecule has 3 aromatic heterocycles. The second-order valence-electron chi connectivity index (χ2n) is 15.0. The molecule has 0 aliphatic carbocycles. The molecule has 2 saturated heterocycles. The summed E-state index contributed by atoms with van der Waals surface area (Å²) in [5.41, 5.74) is 8.34. The van der Waals surface area contributed by atoms with Crippen LogP contribution in [0.5, 0.6) is 0 Å². The number of anilines is 1. The number of thiophene rings is 1. The Balaban J connectivity index is 0.814. The van der Waals surface area contributed by atoms with Crippen LogP contribution in [0.1, 0.15) is 86.1 Å². The van der Waals surface area contributed by atoms with Crippen molar-refractivity contribution in [2.45, 2.75) is 65.2 Å². The van der Waals surface area contributed by atoms with Gasteiger partial charge in [-0.25, -0.2) is 4.98 Å². The van der Waals surface area contributed by atoms with Crippen molar-refractivity contribution in [3.05, 3.63) is 121 Å². The minimum absolute atomic E-state index is 0.153. The number of hydrogen-bond donors (Lipinski definition) is 2. The summed E-state index contributed by atoms with van der Waals surface area (Å²) < 4.78 is 2.09. The normalized spacial score (nSPS) is 18.2. The molecule has 288 valence electrons. The van der Waals surface area contributed by atoms with E-state index in [1.54, 1.807) is 16.2 Å². The highest BCUT2D eigenvalue weighted by Crippen LogP contribution is 2.37. The van der Waals surface area contributed by atoms with Gasteiger partial charge < -0.3 is 10.2 Å². The Morgan fingerprint density at radius 1 is 0.982 bits per heavy atom. The summed E-state index contributed by atoms with van der Waals surface area (Å²) in [5, 5.41) is 16.4. The largest absolute Gasteiger partial charge is 0.384 e. The van der Waals surface area contributed by atoms with Gasteiger partial charge in [0, 0.05) is 65.2 Å². The van der Waals surface area contributed by atoms with Crippen LogP contribution in [0.25, 0.3) is 5.00 Å². The molecule has 57 heavy (non-hydrogen) atoms. The van der Waals surface area contributed by atoms with Crippen molar-refractivity contribution in [2.24, 2.45) is 10.9 Å². The SMILES string of the molecule is Cc1c(C#Cc2ccc(CN3CCC(CNc4cccc5c4CN(C4CCC(=O)NC4=O)C5=O)CC3)cn2)sc2c1C(c1ccc(Cl)cc1)=NCc1nnc(C)n1-2. The van der Waals surface area contributed by atoms with E-state index in [-0.39, 0.29) is 18.2 Å². The summed E-state index contributed by atoms with van der Waals surface area (Å²) in [4.78, 5) is 52.1. The molecule has 2 aromatic carbocycles. The molecule has 9 rings (SSSR count). The highest BCUT2D eigenvalue weighted by atomic mass is 35.5. The molecule has 0 spiro atoms. The number of aliphatic imine (C=N–C) groups is 1. The molecule has 12 nitrogen and oxygen atoms in total. The van der Waals surface area contributed by atoms with E-state index in [0.29, 0.717) is 41.7 Å². The minimum atomic E-state index is -0.619. The van der Waals surface area contributed by atoms with E-state index in [9.17, 15) is 14.4 Å². The van der Waals surface area contributed by atoms with Crippen LogP contribution in [0, 0.1) is 31.6 Å². The number of benzene rings is 2. The Bertz CT molecular complexity index is 2510. The zero-order chi connectivity index (χ0) is 39.2. The maximum Gasteiger partial charge on any atom is 0.255 e. The van der Waals surface area contributed by atoms with Gasteiger partial charge in [-0.3, -0.25) is 34.2 Å². The number of amides is 3. The van der Waals surface area contributed by atoms with Crippen molar-refractivity contribution >= 4 is 52.1 Å². The zero-order valence-electron chi connectivity index (χ0n) is 31.6. The molecular weight excluding hydrogens is 758 g/mol. The lowest BCUT2D eigenvalue weighted by Gasteiger charge is -2.32. The predicted molar refractivity (Wildman–Crippen MR) is 219 cm³/mol. The molecule has 1 unspecified atom stereocenters. The highest BCUT2D eigenvalue weighted by Gasteiger charge is 2.40. The van der Waals surface area contributed by atoms with Gasteiger partial charge in [-0.05, 0) is 105 Å². The van der Waals surface area contributed by atoms with Crippen LogP contribution >= 0.6 is 22.9 Å². The van der Waals surface area contributed by atoms with Crippen LogP contribution in [0.2, 0.25) is 5.02 Å². The van der Waals surface area contributed by atoms with Crippen molar-refractivity contribution < 1.29 is 14.4 Å². The van der Waals surface area contributed by atoms with Gasteiger partial charge in [0.15, 0.2) is 5.82 Å². The predicted octanol–water partition coefficient (Wildman–Crippen LogP) is 5.83. The van der Waals surface area contributed by atoms with Gasteiger partial charge in [-0.2, -0.15) is 0 Å². The van der Waals surface area contributed by atoms with Crippen molar-refractivity contribution in [3.8, 4) is 16.8 Å². The number of nitrogens with zero attached hydrogens (tertiary/aromatic N) is 7. The van der Waals surface area contributed by atoms with Crippen LogP contribution in [-0.2, 0) is 29.2 Å². The standard InChI is InChI=1S/C43H40ClN9O3S/c1-25-36(57-43-39(25)40(29-7-9-30(44)10-8-29)47-22-37-50-49-26(2)53(37)43)14-12-31-11-6-28(21-45-31)23-51-18-16-27(17-19-51)20-46-34-5-3-4-32-33(34)24-52(42(32)56)35-13-15-38(54)48-41(35)55/h3-11,21,27,35,46H,13,15-20,22-24H2,1-2H3,(H,48,54,55). The van der Waals surface area contributed by atoms with Crippen molar-refractivity contribution in [1.29, 1.82) is 0 Å². The molecule has 3 amide bonds. The van der Waals surface area contributed by atoms with Crippen LogP contribution in [-0.4, -0.2) is 78.7 Å². The fourth-order valence-electron chi connectivity index (χ4n) is 8.22. The molecule has 4 aliphatic heterocycles. The van der Waals surface area contributed by atoms with Gasteiger partial charge in [0.25, 0.3) is 5.91 Å². The number of pyridine rings is 1. The van der Waals surface area contributed by atoms with E-state index in [1.807, 2.05) is 61.7 Å². The van der Waals surface area contributed by atoms with Crippen molar-refractivity contribution in [1.82, 2.24) is 34.9 Å². The molecule has 0 saturated carbocycles.